The summed E-state index contributed by atoms with van der Waals surface area (Å²) in [5.41, 5.74) is 17.3. The Morgan fingerprint density at radius 2 is 0.525 bits per heavy atom. The van der Waals surface area contributed by atoms with Crippen molar-refractivity contribution in [2.45, 2.75) is 83.1 Å². The van der Waals surface area contributed by atoms with E-state index in [1.54, 1.807) is 21.2 Å². The van der Waals surface area contributed by atoms with Crippen LogP contribution in [0.4, 0.5) is 0 Å². The van der Waals surface area contributed by atoms with Crippen LogP contribution in [0.25, 0.3) is 0 Å². The Bertz CT molecular complexity index is 1370. The van der Waals surface area contributed by atoms with Crippen molar-refractivity contribution in [3.8, 4) is 0 Å². The van der Waals surface area contributed by atoms with Crippen molar-refractivity contribution >= 4 is 52.4 Å². The van der Waals surface area contributed by atoms with Crippen molar-refractivity contribution in [1.29, 1.82) is 0 Å². The third-order valence-corrected chi connectivity index (χ3v) is 26.3. The molecule has 40 heavy (non-hydrogen) atoms. The lowest BCUT2D eigenvalue weighted by Crippen LogP contribution is -2.17. The third kappa shape index (κ3) is 6.80. The standard InChI is InChI=1S/C36H46P4/c1-21-13-25(5)33(26(6)14-21)37-39(35-29(9)17-23(3)18-30(35)10)40(36-31(11)19-24(4)20-32(36)12)38-34-27(7)15-22(2)16-28(34)8/h13-20,37-38H,1-12H3. The average molecular weight is 603 g/mol. The number of hydrogen-bond donors (Lipinski definition) is 0. The molecular formula is C36H46P4. The van der Waals surface area contributed by atoms with Crippen LogP contribution < -0.4 is 21.2 Å². The average Bonchev–Trinajstić information content (AvgIpc) is 2.80. The van der Waals surface area contributed by atoms with E-state index in [9.17, 15) is 0 Å². The Balaban J connectivity index is 2.04. The quantitative estimate of drug-likeness (QED) is 0.185. The first-order valence-electron chi connectivity index (χ1n) is 14.2. The molecule has 0 aromatic heterocycles. The fourth-order valence-corrected chi connectivity index (χ4v) is 28.2. The highest BCUT2D eigenvalue weighted by atomic mass is 32.6. The first-order valence-corrected chi connectivity index (χ1v) is 21.3. The van der Waals surface area contributed by atoms with Gasteiger partial charge in [0.15, 0.2) is 0 Å². The molecule has 0 nitrogen and oxygen atoms in total. The number of hydrogen-bond acceptors (Lipinski definition) is 0. The summed E-state index contributed by atoms with van der Waals surface area (Å²) in [6, 6.07) is 19.3. The van der Waals surface area contributed by atoms with Crippen molar-refractivity contribution in [3.63, 3.8) is 0 Å². The molecule has 210 valence electrons. The van der Waals surface area contributed by atoms with Gasteiger partial charge in [0.05, 0.1) is 0 Å². The SMILES string of the molecule is Cc1cc(C)c(PP(c2c(C)cc(C)cc2C)P(Pc2c(C)cc(C)cc2C)c2c(C)cc(C)cc2C)c(C)c1. The first-order chi connectivity index (χ1) is 18.8. The molecule has 0 bridgehead atoms. The Kier molecular flexibility index (Phi) is 10.1. The molecule has 0 amide bonds. The fraction of sp³-hybridized carbons (Fsp3) is 0.333. The van der Waals surface area contributed by atoms with Gasteiger partial charge in [-0.2, -0.15) is 0 Å². The number of rotatable bonds is 7. The van der Waals surface area contributed by atoms with E-state index in [0.29, 0.717) is 0 Å². The number of aryl methyl sites for hydroxylation is 12. The van der Waals surface area contributed by atoms with Crippen molar-refractivity contribution in [2.75, 3.05) is 0 Å². The Hall–Kier alpha value is -1.40. The fourth-order valence-electron chi connectivity index (χ4n) is 6.35. The maximum atomic E-state index is 2.44. The van der Waals surface area contributed by atoms with Gasteiger partial charge in [-0.15, -0.1) is 0 Å². The van der Waals surface area contributed by atoms with E-state index >= 15 is 0 Å². The third-order valence-electron chi connectivity index (χ3n) is 7.68. The van der Waals surface area contributed by atoms with E-state index in [4.69, 9.17) is 0 Å². The van der Waals surface area contributed by atoms with E-state index in [1.807, 2.05) is 0 Å². The topological polar surface area (TPSA) is 0 Å². The maximum Gasteiger partial charge on any atom is -0.00885 e. The van der Waals surface area contributed by atoms with Crippen LogP contribution in [0.2, 0.25) is 0 Å². The van der Waals surface area contributed by atoms with Crippen molar-refractivity contribution < 1.29 is 0 Å². The van der Waals surface area contributed by atoms with Gasteiger partial charge in [0.2, 0.25) is 0 Å². The van der Waals surface area contributed by atoms with Crippen LogP contribution in [-0.4, -0.2) is 0 Å². The molecule has 0 aliphatic heterocycles. The molecule has 4 heteroatoms. The monoisotopic (exact) mass is 602 g/mol. The second-order valence-corrected chi connectivity index (χ2v) is 24.2. The predicted molar refractivity (Wildman–Crippen MR) is 192 cm³/mol. The normalized spacial score (nSPS) is 13.6. The van der Waals surface area contributed by atoms with Gasteiger partial charge in [-0.3, -0.25) is 0 Å². The molecule has 0 radical (unpaired) electrons. The molecule has 0 aliphatic rings. The molecule has 4 atom stereocenters. The molecule has 0 saturated heterocycles. The summed E-state index contributed by atoms with van der Waals surface area (Å²) in [6.07, 6.45) is 0. The molecule has 0 aliphatic carbocycles. The molecular weight excluding hydrogens is 556 g/mol. The second kappa shape index (κ2) is 12.9. The molecule has 4 rings (SSSR count). The molecule has 0 fully saturated rings. The minimum Gasteiger partial charge on any atom is -0.0557 e. The van der Waals surface area contributed by atoms with Gasteiger partial charge >= 0.3 is 0 Å². The smallest absolute Gasteiger partial charge is 0.00885 e. The molecule has 4 aromatic carbocycles. The Morgan fingerprint density at radius 1 is 0.325 bits per heavy atom. The van der Waals surface area contributed by atoms with Gasteiger partial charge in [-0.1, -0.05) is 87.3 Å². The highest BCUT2D eigenvalue weighted by molar-refractivity contribution is 8.77. The highest BCUT2D eigenvalue weighted by Crippen LogP contribution is 2.85. The van der Waals surface area contributed by atoms with Crippen LogP contribution in [0.3, 0.4) is 0 Å². The minimum atomic E-state index is -0.461. The maximum absolute atomic E-state index is 2.44. The molecule has 4 aromatic rings. The summed E-state index contributed by atoms with van der Waals surface area (Å²) >= 11 is 0. The van der Waals surface area contributed by atoms with E-state index in [1.165, 1.54) is 66.8 Å². The zero-order chi connectivity index (χ0) is 29.5. The molecule has 4 unspecified atom stereocenters. The van der Waals surface area contributed by atoms with E-state index in [0.717, 1.165) is 16.5 Å². The van der Waals surface area contributed by atoms with Crippen LogP contribution in [0.5, 0.6) is 0 Å². The van der Waals surface area contributed by atoms with Crippen LogP contribution in [-0.2, 0) is 0 Å². The van der Waals surface area contributed by atoms with Crippen LogP contribution in [0.1, 0.15) is 66.8 Å². The Morgan fingerprint density at radius 3 is 0.750 bits per heavy atom. The zero-order valence-electron chi connectivity index (χ0n) is 26.5. The second-order valence-electron chi connectivity index (χ2n) is 11.9. The van der Waals surface area contributed by atoms with Crippen LogP contribution >= 0.6 is 31.1 Å². The predicted octanol–water partition coefficient (Wildman–Crippen LogP) is 10.1. The van der Waals surface area contributed by atoms with Gasteiger partial charge in [-0.05, 0) is 163 Å². The Labute approximate surface area is 249 Å². The largest absolute Gasteiger partial charge is 0.0557 e. The summed E-state index contributed by atoms with van der Waals surface area (Å²) in [5, 5.41) is 6.48. The van der Waals surface area contributed by atoms with Crippen LogP contribution in [0, 0.1) is 83.1 Å². The van der Waals surface area contributed by atoms with Gasteiger partial charge in [-0.25, -0.2) is 0 Å². The molecule has 0 spiro atoms. The highest BCUT2D eigenvalue weighted by Gasteiger charge is 2.32. The summed E-state index contributed by atoms with van der Waals surface area (Å²) in [4.78, 5) is 0. The molecule has 0 heterocycles. The zero-order valence-corrected chi connectivity index (χ0v) is 30.3. The van der Waals surface area contributed by atoms with Gasteiger partial charge in [0.25, 0.3) is 0 Å². The van der Waals surface area contributed by atoms with Crippen molar-refractivity contribution in [2.24, 2.45) is 0 Å². The first kappa shape index (κ1) is 31.5. The van der Waals surface area contributed by atoms with Crippen LogP contribution in [0.15, 0.2) is 48.5 Å². The van der Waals surface area contributed by atoms with E-state index in [-0.39, 0.29) is 0 Å². The number of benzene rings is 4. The van der Waals surface area contributed by atoms with E-state index < -0.39 is 14.6 Å². The van der Waals surface area contributed by atoms with E-state index in [2.05, 4.69) is 132 Å². The molecule has 0 N–H and O–H groups in total. The lowest BCUT2D eigenvalue weighted by Gasteiger charge is -2.35. The minimum absolute atomic E-state index is 0.461. The van der Waals surface area contributed by atoms with Crippen molar-refractivity contribution in [3.05, 3.63) is 115 Å². The molecule has 0 saturated carbocycles. The lowest BCUT2D eigenvalue weighted by atomic mass is 10.1. The summed E-state index contributed by atoms with van der Waals surface area (Å²) in [7, 11) is 0.670. The van der Waals surface area contributed by atoms with Gasteiger partial charge in [0.1, 0.15) is 0 Å². The lowest BCUT2D eigenvalue weighted by molar-refractivity contribution is 1.35. The van der Waals surface area contributed by atoms with Crippen molar-refractivity contribution in [1.82, 2.24) is 0 Å². The summed E-state index contributed by atoms with van der Waals surface area (Å²) < 4.78 is 0. The summed E-state index contributed by atoms with van der Waals surface area (Å²) in [6.45, 7) is 27.8. The van der Waals surface area contributed by atoms with Gasteiger partial charge < -0.3 is 0 Å². The van der Waals surface area contributed by atoms with Gasteiger partial charge in [0, 0.05) is 0 Å². The summed E-state index contributed by atoms with van der Waals surface area (Å²) in [5.74, 6) is 0.